The van der Waals surface area contributed by atoms with Crippen molar-refractivity contribution in [1.82, 2.24) is 14.7 Å². The fourth-order valence-corrected chi connectivity index (χ4v) is 15.6. The van der Waals surface area contributed by atoms with E-state index in [4.69, 9.17) is 29.5 Å². The van der Waals surface area contributed by atoms with Gasteiger partial charge in [0.2, 0.25) is 0 Å². The molecule has 7 N–H and O–H groups in total. The van der Waals surface area contributed by atoms with E-state index in [0.717, 1.165) is 66.9 Å². The van der Waals surface area contributed by atoms with Crippen LogP contribution in [0.2, 0.25) is 0 Å². The summed E-state index contributed by atoms with van der Waals surface area (Å²) in [6, 6.07) is 11.3. The number of ether oxygens (including phenoxy) is 4. The van der Waals surface area contributed by atoms with Crippen molar-refractivity contribution in [3.05, 3.63) is 105 Å². The van der Waals surface area contributed by atoms with Crippen LogP contribution >= 0.6 is 0 Å². The molecule has 69 heavy (non-hydrogen) atoms. The molecular formula is C53H61N3O13. The summed E-state index contributed by atoms with van der Waals surface area (Å²) in [5.74, 6) is 2.64. The van der Waals surface area contributed by atoms with Crippen molar-refractivity contribution in [3.63, 3.8) is 0 Å². The highest BCUT2D eigenvalue weighted by Gasteiger charge is 2.74. The number of hydrogen-bond acceptors (Lipinski definition) is 16. The van der Waals surface area contributed by atoms with Gasteiger partial charge >= 0.3 is 0 Å². The number of allylic oxidation sites excluding steroid dienone is 2. The van der Waals surface area contributed by atoms with E-state index in [-0.39, 0.29) is 59.8 Å². The maximum Gasteiger partial charge on any atom is 0.196 e. The van der Waals surface area contributed by atoms with Gasteiger partial charge in [-0.05, 0) is 144 Å². The number of aliphatic hydroxyl groups is 2. The average molecular weight is 948 g/mol. The van der Waals surface area contributed by atoms with E-state index < -0.39 is 34.2 Å². The molecule has 16 heteroatoms. The molecule has 3 aromatic carbocycles. The lowest BCUT2D eigenvalue weighted by atomic mass is 9.49. The summed E-state index contributed by atoms with van der Waals surface area (Å²) in [5.41, 5.74) is 4.17. The Balaban J connectivity index is 0.000000110. The lowest BCUT2D eigenvalue weighted by molar-refractivity contribution is -0.185. The minimum absolute atomic E-state index is 0. The molecule has 1 saturated carbocycles. The number of piperidine rings is 3. The third-order valence-corrected chi connectivity index (χ3v) is 18.6. The second kappa shape index (κ2) is 15.3. The molecule has 15 rings (SSSR count). The molecule has 3 aromatic rings. The molecule has 6 aliphatic carbocycles. The van der Waals surface area contributed by atoms with Gasteiger partial charge in [-0.3, -0.25) is 29.9 Å². The van der Waals surface area contributed by atoms with Crippen molar-refractivity contribution in [2.75, 3.05) is 47.9 Å². The number of phenols is 3. The number of likely N-dealkylation sites (N-methyl/N-ethyl adjacent to an activating group) is 3. The van der Waals surface area contributed by atoms with Crippen LogP contribution in [0.1, 0.15) is 72.9 Å². The molecule has 0 aromatic heterocycles. The fourth-order valence-electron chi connectivity index (χ4n) is 15.6. The second-order valence-electron chi connectivity index (χ2n) is 20.9. The van der Waals surface area contributed by atoms with Crippen molar-refractivity contribution < 1.29 is 64.6 Å². The van der Waals surface area contributed by atoms with Gasteiger partial charge in [0.05, 0.1) is 29.0 Å². The highest BCUT2D eigenvalue weighted by molar-refractivity contribution is 5.99. The van der Waals surface area contributed by atoms with Crippen LogP contribution in [-0.2, 0) is 49.8 Å². The SMILES string of the molecule is C.CN1CC[C@]23c4c5ccc(O)c4O[C@H]2C(=O)C=C[C@@]3(O)[C@H]1C5.CN1CC[C@]23c4c5ccc(O)c4O[C@H]2C(=O)CC[C@@]3(O)[C@H]1C5.COC1=CC=C2[C@H]3Cc4ccc(O)c5c4[C@@]2(CCN3C)[C@H]1O5.OO. The first-order chi connectivity index (χ1) is 32.6. The smallest absolute Gasteiger partial charge is 0.196 e. The number of benzene rings is 3. The molecule has 6 heterocycles. The van der Waals surface area contributed by atoms with Gasteiger partial charge in [0.15, 0.2) is 64.4 Å². The Bertz CT molecular complexity index is 2820. The standard InChI is InChI=1S/C18H19NO3.C17H19NO4.C17H17NO4.CH4.H2O2/c1-19-8-7-18-11-4-6-14(21-2)17(18)22-16-13(20)5-3-10(15(16)18)9-12(11)19;2*1-18-7-6-16-13-9-2-3-10(19)14(13)22-15(16)11(20)4-5-17(16,21)12(18)8-9;;1-2/h3-6,12,17,20H,7-9H2,1-2H3;2-3,12,15,19,21H,4-8H2,1H3;2-5,12,15,19,21H,6-8H2,1H3;1H4;1-2H/t12-,17+,18+;2*12-,15+,16+,17-;;/m111../s1. The van der Waals surface area contributed by atoms with Gasteiger partial charge < -0.3 is 49.4 Å². The highest BCUT2D eigenvalue weighted by atomic mass is 17.0. The molecule has 3 spiro atoms. The number of carbonyl (C=O) groups is 2. The predicted molar refractivity (Wildman–Crippen MR) is 250 cm³/mol. The molecule has 6 aliphatic heterocycles. The topological polar surface area (TPSA) is 222 Å². The Morgan fingerprint density at radius 2 is 1.17 bits per heavy atom. The fraction of sp³-hybridized carbons (Fsp3) is 0.509. The van der Waals surface area contributed by atoms with Crippen LogP contribution in [0, 0.1) is 0 Å². The Morgan fingerprint density at radius 3 is 1.83 bits per heavy atom. The largest absolute Gasteiger partial charge is 0.504 e. The summed E-state index contributed by atoms with van der Waals surface area (Å²) in [6.07, 6.45) is 11.4. The molecule has 3 saturated heterocycles. The molecule has 4 fully saturated rings. The maximum atomic E-state index is 12.5. The van der Waals surface area contributed by atoms with Crippen molar-refractivity contribution in [3.8, 4) is 34.5 Å². The van der Waals surface area contributed by atoms with Crippen LogP contribution in [-0.4, -0.2) is 158 Å². The van der Waals surface area contributed by atoms with Gasteiger partial charge in [0, 0.05) is 41.2 Å². The van der Waals surface area contributed by atoms with E-state index in [1.165, 1.54) is 22.8 Å². The van der Waals surface area contributed by atoms with Crippen LogP contribution in [0.4, 0.5) is 0 Å². The number of ketones is 2. The summed E-state index contributed by atoms with van der Waals surface area (Å²) in [6.45, 7) is 2.66. The van der Waals surface area contributed by atoms with Crippen molar-refractivity contribution in [2.45, 2.75) is 123 Å². The zero-order valence-corrected chi connectivity index (χ0v) is 38.4. The van der Waals surface area contributed by atoms with Crippen LogP contribution in [0.25, 0.3) is 0 Å². The molecule has 366 valence electrons. The zero-order chi connectivity index (χ0) is 47.6. The number of Topliss-reactive ketones (excluding diaryl/α,β-unsaturated/α-hetero) is 1. The molecule has 0 amide bonds. The molecule has 16 nitrogen and oxygen atoms in total. The molecule has 0 unspecified atom stereocenters. The minimum Gasteiger partial charge on any atom is -0.504 e. The normalized spacial score (nSPS) is 37.6. The van der Waals surface area contributed by atoms with Crippen molar-refractivity contribution in [1.29, 1.82) is 0 Å². The van der Waals surface area contributed by atoms with Crippen LogP contribution in [0.15, 0.2) is 72.0 Å². The zero-order valence-electron chi connectivity index (χ0n) is 38.4. The van der Waals surface area contributed by atoms with Gasteiger partial charge in [0.25, 0.3) is 0 Å². The van der Waals surface area contributed by atoms with E-state index in [9.17, 15) is 35.1 Å². The monoisotopic (exact) mass is 947 g/mol. The number of rotatable bonds is 1. The maximum absolute atomic E-state index is 12.5. The van der Waals surface area contributed by atoms with Gasteiger partial charge in [0.1, 0.15) is 11.4 Å². The highest BCUT2D eigenvalue weighted by Crippen LogP contribution is 2.66. The number of carbonyl (C=O) groups excluding carboxylic acids is 2. The van der Waals surface area contributed by atoms with E-state index >= 15 is 0 Å². The third kappa shape index (κ3) is 5.37. The number of aromatic hydroxyl groups is 3. The second-order valence-corrected chi connectivity index (χ2v) is 20.9. The number of hydrogen-bond donors (Lipinski definition) is 7. The van der Waals surface area contributed by atoms with Gasteiger partial charge in [-0.15, -0.1) is 0 Å². The Labute approximate surface area is 400 Å². The van der Waals surface area contributed by atoms with E-state index in [0.29, 0.717) is 55.4 Å². The first-order valence-electron chi connectivity index (χ1n) is 23.7. The summed E-state index contributed by atoms with van der Waals surface area (Å²) in [4.78, 5) is 31.8. The van der Waals surface area contributed by atoms with E-state index in [2.05, 4.69) is 33.9 Å². The summed E-state index contributed by atoms with van der Waals surface area (Å²) in [7, 11) is 7.95. The summed E-state index contributed by atoms with van der Waals surface area (Å²) in [5, 5.41) is 65.9. The Hall–Kier alpha value is -5.46. The lowest BCUT2D eigenvalue weighted by Gasteiger charge is -2.61. The van der Waals surface area contributed by atoms with Crippen LogP contribution < -0.4 is 14.2 Å². The quantitative estimate of drug-likeness (QED) is 0.135. The Kier molecular flexibility index (Phi) is 10.2. The lowest BCUT2D eigenvalue weighted by Crippen LogP contribution is -2.76. The number of likely N-dealkylation sites (tertiary alicyclic amines) is 3. The molecule has 0 radical (unpaired) electrons. The molecule has 6 bridgehead atoms. The minimum atomic E-state index is -1.13. The van der Waals surface area contributed by atoms with Crippen molar-refractivity contribution in [2.24, 2.45) is 0 Å². The first kappa shape index (κ1) is 46.0. The third-order valence-electron chi connectivity index (χ3n) is 18.6. The van der Waals surface area contributed by atoms with Gasteiger partial charge in [-0.1, -0.05) is 31.7 Å². The summed E-state index contributed by atoms with van der Waals surface area (Å²) >= 11 is 0. The number of methoxy groups -OCH3 is 1. The van der Waals surface area contributed by atoms with Crippen LogP contribution in [0.3, 0.4) is 0 Å². The number of nitrogens with zero attached hydrogens (tertiary/aromatic N) is 3. The van der Waals surface area contributed by atoms with Gasteiger partial charge in [-0.25, -0.2) is 0 Å². The van der Waals surface area contributed by atoms with Crippen LogP contribution in [0.5, 0.6) is 34.5 Å². The van der Waals surface area contributed by atoms with E-state index in [1.54, 1.807) is 31.4 Å². The Morgan fingerprint density at radius 1 is 0.638 bits per heavy atom. The predicted octanol–water partition coefficient (Wildman–Crippen LogP) is 4.04. The summed E-state index contributed by atoms with van der Waals surface area (Å²) < 4.78 is 23.7. The molecular weight excluding hydrogens is 887 g/mol. The van der Waals surface area contributed by atoms with Gasteiger partial charge in [-0.2, -0.15) is 0 Å². The molecule has 12 aliphatic rings. The number of phenolic OH excluding ortho intramolecular Hbond substituents is 3. The molecule has 11 atom stereocenters. The average Bonchev–Trinajstić information content (AvgIpc) is 4.01. The van der Waals surface area contributed by atoms with E-state index in [1.807, 2.05) is 32.3 Å². The first-order valence-corrected chi connectivity index (χ1v) is 23.7. The van der Waals surface area contributed by atoms with Crippen molar-refractivity contribution >= 4 is 11.6 Å².